The number of aromatic nitrogens is 1. The largest absolute Gasteiger partial charge is 0.274 e. The summed E-state index contributed by atoms with van der Waals surface area (Å²) < 4.78 is 24.4. The van der Waals surface area contributed by atoms with Crippen LogP contribution in [-0.4, -0.2) is 10.2 Å². The lowest BCUT2D eigenvalue weighted by Gasteiger charge is -2.03. The Labute approximate surface area is 82.5 Å². The molecule has 0 saturated heterocycles. The summed E-state index contributed by atoms with van der Waals surface area (Å²) in [6.07, 6.45) is -1.69. The average molecular weight is 226 g/mol. The molecular formula is C7H3Cl2F2NO. The molecule has 6 heteroatoms. The fourth-order valence-corrected chi connectivity index (χ4v) is 1.24. The fourth-order valence-electron chi connectivity index (χ4n) is 0.764. The Morgan fingerprint density at radius 2 is 2.15 bits per heavy atom. The maximum absolute atomic E-state index is 12.2. The van der Waals surface area contributed by atoms with Gasteiger partial charge in [-0.15, -0.1) is 0 Å². The molecular weight excluding hydrogens is 223 g/mol. The zero-order valence-corrected chi connectivity index (χ0v) is 7.61. The van der Waals surface area contributed by atoms with E-state index >= 15 is 0 Å². The molecule has 0 bridgehead atoms. The molecule has 0 radical (unpaired) electrons. The highest BCUT2D eigenvalue weighted by Crippen LogP contribution is 2.28. The molecule has 1 rings (SSSR count). The van der Waals surface area contributed by atoms with E-state index in [2.05, 4.69) is 4.98 Å². The van der Waals surface area contributed by atoms with E-state index in [1.165, 1.54) is 0 Å². The normalized spacial score (nSPS) is 10.5. The summed E-state index contributed by atoms with van der Waals surface area (Å²) in [5, 5.41) is -1.34. The molecule has 0 unspecified atom stereocenters. The van der Waals surface area contributed by atoms with Crippen molar-refractivity contribution in [3.8, 4) is 0 Å². The van der Waals surface area contributed by atoms with Crippen LogP contribution in [0.15, 0.2) is 12.3 Å². The molecule has 0 atom stereocenters. The van der Waals surface area contributed by atoms with Crippen LogP contribution in [-0.2, 0) is 0 Å². The maximum Gasteiger partial charge on any atom is 0.272 e. The molecule has 0 aliphatic rings. The lowest BCUT2D eigenvalue weighted by molar-refractivity contribution is 0.107. The van der Waals surface area contributed by atoms with Crippen molar-refractivity contribution in [2.24, 2.45) is 0 Å². The van der Waals surface area contributed by atoms with Gasteiger partial charge in [-0.3, -0.25) is 9.78 Å². The summed E-state index contributed by atoms with van der Waals surface area (Å²) in [5.74, 6) is 0. The van der Waals surface area contributed by atoms with Crippen LogP contribution in [0.1, 0.15) is 22.5 Å². The molecule has 0 fully saturated rings. The number of hydrogen-bond donors (Lipinski definition) is 0. The third-order valence-corrected chi connectivity index (χ3v) is 1.92. The van der Waals surface area contributed by atoms with Crippen molar-refractivity contribution in [3.05, 3.63) is 28.5 Å². The molecule has 0 saturated carbocycles. The molecule has 1 heterocycles. The second-order valence-corrected chi connectivity index (χ2v) is 2.86. The third-order valence-electron chi connectivity index (χ3n) is 1.34. The number of halogens is 4. The maximum atomic E-state index is 12.2. The molecule has 0 spiro atoms. The minimum Gasteiger partial charge on any atom is -0.274 e. The monoisotopic (exact) mass is 225 g/mol. The van der Waals surface area contributed by atoms with Crippen molar-refractivity contribution in [2.45, 2.75) is 6.43 Å². The van der Waals surface area contributed by atoms with E-state index < -0.39 is 22.3 Å². The van der Waals surface area contributed by atoms with Gasteiger partial charge in [-0.25, -0.2) is 8.78 Å². The van der Waals surface area contributed by atoms with Crippen molar-refractivity contribution in [1.29, 1.82) is 0 Å². The van der Waals surface area contributed by atoms with Gasteiger partial charge in [-0.05, 0) is 17.7 Å². The third kappa shape index (κ3) is 2.14. The minimum absolute atomic E-state index is 0.346. The number of carbonyl (C=O) groups is 1. The van der Waals surface area contributed by atoms with Gasteiger partial charge in [0, 0.05) is 11.8 Å². The van der Waals surface area contributed by atoms with Gasteiger partial charge in [0.05, 0.1) is 5.02 Å². The van der Waals surface area contributed by atoms with Crippen molar-refractivity contribution in [2.75, 3.05) is 0 Å². The Balaban J connectivity index is 3.26. The van der Waals surface area contributed by atoms with Gasteiger partial charge in [0.25, 0.3) is 11.7 Å². The van der Waals surface area contributed by atoms with Crippen LogP contribution in [0.4, 0.5) is 8.78 Å². The Morgan fingerprint density at radius 3 is 2.62 bits per heavy atom. The Morgan fingerprint density at radius 1 is 1.54 bits per heavy atom. The van der Waals surface area contributed by atoms with Crippen LogP contribution in [0.25, 0.3) is 0 Å². The van der Waals surface area contributed by atoms with Gasteiger partial charge in [-0.2, -0.15) is 0 Å². The molecule has 0 aliphatic carbocycles. The lowest BCUT2D eigenvalue weighted by atomic mass is 10.2. The number of nitrogens with zero attached hydrogens (tertiary/aromatic N) is 1. The molecule has 1 aromatic heterocycles. The Kier molecular flexibility index (Phi) is 3.17. The number of alkyl halides is 2. The van der Waals surface area contributed by atoms with E-state index in [1.807, 2.05) is 0 Å². The molecule has 1 aromatic rings. The van der Waals surface area contributed by atoms with Gasteiger partial charge < -0.3 is 0 Å². The summed E-state index contributed by atoms with van der Waals surface area (Å²) in [5.41, 5.74) is -0.790. The number of carbonyl (C=O) groups excluding carboxylic acids is 1. The van der Waals surface area contributed by atoms with Gasteiger partial charge >= 0.3 is 0 Å². The SMILES string of the molecule is O=C(Cl)c1nccc(C(F)F)c1Cl. The fraction of sp³-hybridized carbons (Fsp3) is 0.143. The smallest absolute Gasteiger partial charge is 0.272 e. The lowest BCUT2D eigenvalue weighted by Crippen LogP contribution is -1.98. The van der Waals surface area contributed by atoms with Crippen LogP contribution in [0, 0.1) is 0 Å². The van der Waals surface area contributed by atoms with Crippen LogP contribution in [0.3, 0.4) is 0 Å². The zero-order valence-electron chi connectivity index (χ0n) is 6.10. The summed E-state index contributed by atoms with van der Waals surface area (Å²) in [7, 11) is 0. The van der Waals surface area contributed by atoms with Crippen LogP contribution < -0.4 is 0 Å². The van der Waals surface area contributed by atoms with E-state index in [9.17, 15) is 13.6 Å². The Hall–Kier alpha value is -0.740. The Bertz CT molecular complexity index is 343. The summed E-state index contributed by atoms with van der Waals surface area (Å²) in [6.45, 7) is 0. The molecule has 2 nitrogen and oxygen atoms in total. The first-order chi connectivity index (χ1) is 6.04. The number of rotatable bonds is 2. The van der Waals surface area contributed by atoms with Crippen molar-refractivity contribution >= 4 is 28.4 Å². The van der Waals surface area contributed by atoms with Crippen LogP contribution in [0.2, 0.25) is 5.02 Å². The van der Waals surface area contributed by atoms with Crippen molar-refractivity contribution in [1.82, 2.24) is 4.98 Å². The predicted octanol–water partition coefficient (Wildman–Crippen LogP) is 3.05. The topological polar surface area (TPSA) is 30.0 Å². The molecule has 0 amide bonds. The van der Waals surface area contributed by atoms with Crippen molar-refractivity contribution < 1.29 is 13.6 Å². The van der Waals surface area contributed by atoms with Gasteiger partial charge in [-0.1, -0.05) is 11.6 Å². The van der Waals surface area contributed by atoms with Crippen LogP contribution in [0.5, 0.6) is 0 Å². The molecule has 70 valence electrons. The van der Waals surface area contributed by atoms with E-state index in [0.29, 0.717) is 0 Å². The quantitative estimate of drug-likeness (QED) is 0.725. The first-order valence-corrected chi connectivity index (χ1v) is 3.92. The van der Waals surface area contributed by atoms with Crippen LogP contribution >= 0.6 is 23.2 Å². The highest BCUT2D eigenvalue weighted by molar-refractivity contribution is 6.68. The summed E-state index contributed by atoms with van der Waals surface area (Å²) >= 11 is 10.5. The minimum atomic E-state index is -2.75. The average Bonchev–Trinajstić information content (AvgIpc) is 2.03. The van der Waals surface area contributed by atoms with E-state index in [4.69, 9.17) is 23.2 Å². The standard InChI is InChI=1S/C7H3Cl2F2NO/c8-4-3(7(10)11)1-2-12-5(4)6(9)13/h1-2,7H. The highest BCUT2D eigenvalue weighted by atomic mass is 35.5. The molecule has 0 aliphatic heterocycles. The first-order valence-electron chi connectivity index (χ1n) is 3.16. The molecule has 0 aromatic carbocycles. The van der Waals surface area contributed by atoms with E-state index in [1.54, 1.807) is 0 Å². The van der Waals surface area contributed by atoms with Gasteiger partial charge in [0.15, 0.2) is 0 Å². The summed E-state index contributed by atoms with van der Waals surface area (Å²) in [4.78, 5) is 14.1. The first kappa shape index (κ1) is 10.3. The van der Waals surface area contributed by atoms with E-state index in [-0.39, 0.29) is 5.69 Å². The van der Waals surface area contributed by atoms with E-state index in [0.717, 1.165) is 12.3 Å². The van der Waals surface area contributed by atoms with Gasteiger partial charge in [0.1, 0.15) is 5.69 Å². The number of hydrogen-bond acceptors (Lipinski definition) is 2. The molecule has 0 N–H and O–H groups in total. The second kappa shape index (κ2) is 3.98. The number of pyridine rings is 1. The van der Waals surface area contributed by atoms with Gasteiger partial charge in [0.2, 0.25) is 0 Å². The zero-order chi connectivity index (χ0) is 10.0. The highest BCUT2D eigenvalue weighted by Gasteiger charge is 2.18. The second-order valence-electron chi connectivity index (χ2n) is 2.14. The van der Waals surface area contributed by atoms with Crippen molar-refractivity contribution in [3.63, 3.8) is 0 Å². The summed E-state index contributed by atoms with van der Waals surface area (Å²) in [6, 6.07) is 1.04. The molecule has 13 heavy (non-hydrogen) atoms. The predicted molar refractivity (Wildman–Crippen MR) is 44.4 cm³/mol.